The van der Waals surface area contributed by atoms with Gasteiger partial charge in [-0.2, -0.15) is 0 Å². The van der Waals surface area contributed by atoms with E-state index in [9.17, 15) is 9.59 Å². The van der Waals surface area contributed by atoms with Crippen molar-refractivity contribution in [3.05, 3.63) is 59.7 Å². The van der Waals surface area contributed by atoms with Crippen LogP contribution in [0.1, 0.15) is 27.6 Å². The van der Waals surface area contributed by atoms with Gasteiger partial charge in [-0.3, -0.25) is 9.78 Å². The molecular formula is C24H34O7Si2. The summed E-state index contributed by atoms with van der Waals surface area (Å²) in [5, 5.41) is 2.45. The molecule has 0 atom stereocenters. The van der Waals surface area contributed by atoms with Gasteiger partial charge in [0.05, 0.1) is 27.3 Å². The fourth-order valence-corrected chi connectivity index (χ4v) is 5.12. The van der Waals surface area contributed by atoms with Gasteiger partial charge in [-0.05, 0) is 31.2 Å². The van der Waals surface area contributed by atoms with E-state index in [4.69, 9.17) is 24.3 Å². The topological polar surface area (TPSA) is 80.3 Å². The largest absolute Gasteiger partial charge is 0.376 e. The zero-order valence-corrected chi connectivity index (χ0v) is 22.5. The maximum Gasteiger partial charge on any atom is 0.373 e. The molecule has 0 aliphatic carbocycles. The molecule has 0 heterocycles. The van der Waals surface area contributed by atoms with E-state index in [1.807, 2.05) is 24.3 Å². The molecule has 2 rings (SSSR count). The summed E-state index contributed by atoms with van der Waals surface area (Å²) in [6.07, 6.45) is -1.24. The Bertz CT molecular complexity index is 840. The van der Waals surface area contributed by atoms with E-state index in [0.29, 0.717) is 17.7 Å². The van der Waals surface area contributed by atoms with Crippen molar-refractivity contribution >= 4 is 38.5 Å². The molecule has 2 aromatic rings. The highest BCUT2D eigenvalue weighted by atomic mass is 28.3. The van der Waals surface area contributed by atoms with Crippen LogP contribution < -0.4 is 10.4 Å². The van der Waals surface area contributed by atoms with Gasteiger partial charge in [0.15, 0.2) is 0 Å². The Balaban J connectivity index is 1.93. The number of carbonyl (C=O) groups excluding carboxylic acids is 2. The van der Waals surface area contributed by atoms with E-state index >= 15 is 0 Å². The second kappa shape index (κ2) is 11.7. The predicted octanol–water partition coefficient (Wildman–Crippen LogP) is 4.02. The zero-order chi connectivity index (χ0) is 24.6. The molecule has 0 amide bonds. The smallest absolute Gasteiger partial charge is 0.373 e. The Hall–Kier alpha value is -2.31. The van der Waals surface area contributed by atoms with Crippen molar-refractivity contribution in [1.29, 1.82) is 0 Å². The number of benzene rings is 2. The first kappa shape index (κ1) is 26.9. The summed E-state index contributed by atoms with van der Waals surface area (Å²) in [5.41, 5.74) is 0.679. The average Bonchev–Trinajstić information content (AvgIpc) is 2.77. The molecule has 0 unspecified atom stereocenters. The third-order valence-corrected chi connectivity index (χ3v) is 9.02. The summed E-state index contributed by atoms with van der Waals surface area (Å²) < 4.78 is 5.25. The summed E-state index contributed by atoms with van der Waals surface area (Å²) in [5.74, 6) is -1.37. The van der Waals surface area contributed by atoms with Crippen LogP contribution in [-0.4, -0.2) is 47.6 Å². The number of hydrogen-bond acceptors (Lipinski definition) is 7. The summed E-state index contributed by atoms with van der Waals surface area (Å²) >= 11 is 0. The van der Waals surface area contributed by atoms with Crippen LogP contribution in [0, 0.1) is 0 Å². The number of hydrogen-bond donors (Lipinski definition) is 0. The minimum absolute atomic E-state index is 0.0970. The Morgan fingerprint density at radius 1 is 0.697 bits per heavy atom. The molecule has 0 spiro atoms. The minimum Gasteiger partial charge on any atom is -0.376 e. The highest BCUT2D eigenvalue weighted by Crippen LogP contribution is 2.10. The standard InChI is InChI=1S/C24H34O7Si2/c1-8-27-17-22(28-30-23(25)18-9-13-20(14-10-18)32(2,3)4)29-31-24(26)19-11-15-21(16-12-19)33(5,6)7/h9-16,22H,8,17H2,1-7H3. The number of rotatable bonds is 11. The lowest BCUT2D eigenvalue weighted by Gasteiger charge is -2.17. The first-order valence-electron chi connectivity index (χ1n) is 11.0. The van der Waals surface area contributed by atoms with E-state index in [1.165, 1.54) is 10.4 Å². The van der Waals surface area contributed by atoms with Crippen LogP contribution in [0.2, 0.25) is 39.3 Å². The first-order chi connectivity index (χ1) is 15.4. The highest BCUT2D eigenvalue weighted by molar-refractivity contribution is 6.89. The van der Waals surface area contributed by atoms with Crippen LogP contribution >= 0.6 is 0 Å². The zero-order valence-electron chi connectivity index (χ0n) is 20.5. The molecule has 180 valence electrons. The van der Waals surface area contributed by atoms with Gasteiger partial charge in [0, 0.05) is 6.61 Å². The lowest BCUT2D eigenvalue weighted by Crippen LogP contribution is -2.37. The summed E-state index contributed by atoms with van der Waals surface area (Å²) in [6, 6.07) is 14.5. The van der Waals surface area contributed by atoms with Crippen LogP contribution in [0.25, 0.3) is 0 Å². The number of ether oxygens (including phenoxy) is 1. The molecular weight excluding hydrogens is 456 g/mol. The van der Waals surface area contributed by atoms with Gasteiger partial charge in [-0.1, -0.05) is 73.9 Å². The summed E-state index contributed by atoms with van der Waals surface area (Å²) in [6.45, 7) is 15.4. The van der Waals surface area contributed by atoms with E-state index < -0.39 is 34.4 Å². The first-order valence-corrected chi connectivity index (χ1v) is 18.0. The molecule has 9 heteroatoms. The normalized spacial score (nSPS) is 12.0. The van der Waals surface area contributed by atoms with E-state index in [-0.39, 0.29) is 6.61 Å². The van der Waals surface area contributed by atoms with Crippen molar-refractivity contribution in [3.63, 3.8) is 0 Å². The van der Waals surface area contributed by atoms with Crippen molar-refractivity contribution in [3.8, 4) is 0 Å². The Labute approximate surface area is 197 Å². The van der Waals surface area contributed by atoms with Gasteiger partial charge >= 0.3 is 11.9 Å². The maximum atomic E-state index is 12.3. The second-order valence-electron chi connectivity index (χ2n) is 9.68. The predicted molar refractivity (Wildman–Crippen MR) is 132 cm³/mol. The molecule has 0 aromatic heterocycles. The quantitative estimate of drug-likeness (QED) is 0.204. The third-order valence-electron chi connectivity index (χ3n) is 4.89. The van der Waals surface area contributed by atoms with Crippen LogP contribution in [0.5, 0.6) is 0 Å². The highest BCUT2D eigenvalue weighted by Gasteiger charge is 2.22. The van der Waals surface area contributed by atoms with Gasteiger partial charge < -0.3 is 4.74 Å². The monoisotopic (exact) mass is 490 g/mol. The van der Waals surface area contributed by atoms with Crippen molar-refractivity contribution in [2.45, 2.75) is 52.5 Å². The fraction of sp³-hybridized carbons (Fsp3) is 0.417. The Morgan fingerprint density at radius 2 is 1.06 bits per heavy atom. The average molecular weight is 491 g/mol. The van der Waals surface area contributed by atoms with Gasteiger partial charge in [-0.15, -0.1) is 9.78 Å². The molecule has 0 saturated carbocycles. The molecule has 7 nitrogen and oxygen atoms in total. The van der Waals surface area contributed by atoms with Crippen LogP contribution in [0.3, 0.4) is 0 Å². The Kier molecular flexibility index (Phi) is 9.56. The van der Waals surface area contributed by atoms with Gasteiger partial charge in [-0.25, -0.2) is 9.59 Å². The van der Waals surface area contributed by atoms with Crippen molar-refractivity contribution < 1.29 is 33.9 Å². The van der Waals surface area contributed by atoms with E-state index in [2.05, 4.69) is 39.3 Å². The summed E-state index contributed by atoms with van der Waals surface area (Å²) in [4.78, 5) is 44.5. The second-order valence-corrected chi connectivity index (χ2v) is 19.8. The molecule has 0 aliphatic rings. The fourth-order valence-electron chi connectivity index (χ4n) is 2.79. The third kappa shape index (κ3) is 8.52. The lowest BCUT2D eigenvalue weighted by atomic mass is 10.2. The molecule has 0 aliphatic heterocycles. The van der Waals surface area contributed by atoms with Crippen molar-refractivity contribution in [2.75, 3.05) is 13.2 Å². The minimum atomic E-state index is -1.47. The maximum absolute atomic E-state index is 12.3. The molecule has 0 N–H and O–H groups in total. The van der Waals surface area contributed by atoms with E-state index in [0.717, 1.165) is 0 Å². The Morgan fingerprint density at radius 3 is 1.36 bits per heavy atom. The van der Waals surface area contributed by atoms with Crippen molar-refractivity contribution in [2.24, 2.45) is 0 Å². The molecule has 0 saturated heterocycles. The molecule has 0 fully saturated rings. The molecule has 2 aromatic carbocycles. The SMILES string of the molecule is CCOCC(OOC(=O)c1ccc([Si](C)(C)C)cc1)OOC(=O)c1ccc([Si](C)(C)C)cc1. The van der Waals surface area contributed by atoms with Crippen LogP contribution in [0.4, 0.5) is 0 Å². The molecule has 33 heavy (non-hydrogen) atoms. The van der Waals surface area contributed by atoms with E-state index in [1.54, 1.807) is 31.2 Å². The number of carbonyl (C=O) groups is 2. The van der Waals surface area contributed by atoms with Crippen LogP contribution in [-0.2, 0) is 24.3 Å². The summed E-state index contributed by atoms with van der Waals surface area (Å²) in [7, 11) is -2.94. The molecule has 0 radical (unpaired) electrons. The lowest BCUT2D eigenvalue weighted by molar-refractivity contribution is -0.426. The van der Waals surface area contributed by atoms with Crippen LogP contribution in [0.15, 0.2) is 48.5 Å². The van der Waals surface area contributed by atoms with Gasteiger partial charge in [0.1, 0.15) is 6.61 Å². The van der Waals surface area contributed by atoms with Crippen molar-refractivity contribution in [1.82, 2.24) is 0 Å². The van der Waals surface area contributed by atoms with Gasteiger partial charge in [0.25, 0.3) is 6.29 Å². The van der Waals surface area contributed by atoms with Gasteiger partial charge in [0.2, 0.25) is 0 Å². The molecule has 0 bridgehead atoms.